The smallest absolute Gasteiger partial charge is 0.246 e. The van der Waals surface area contributed by atoms with Gasteiger partial charge in [0, 0.05) is 25.8 Å². The van der Waals surface area contributed by atoms with Crippen LogP contribution in [-0.4, -0.2) is 92.6 Å². The van der Waals surface area contributed by atoms with E-state index in [2.05, 4.69) is 16.0 Å². The average Bonchev–Trinajstić information content (AvgIpc) is 3.47. The van der Waals surface area contributed by atoms with Crippen LogP contribution in [0, 0.1) is 0 Å². The zero-order valence-corrected chi connectivity index (χ0v) is 27.0. The first-order chi connectivity index (χ1) is 23.3. The molecule has 0 aromatic heterocycles. The molecule has 6 atom stereocenters. The van der Waals surface area contributed by atoms with Crippen molar-refractivity contribution in [3.63, 3.8) is 0 Å². The number of primary amides is 1. The number of rotatable bonds is 14. The SMILES string of the molecule is C[C@@H](NC(=O)[C@@H](N)Cc1ccc(O)cc1)C(=O)N[C@@H](Cc1ccccc1)C(=O)N1C[C@@H](O)C[C@@H]1C(=O)N[C@@H](Cc1ccc(O)cc1)C(N)=O. The maximum absolute atomic E-state index is 14.0. The van der Waals surface area contributed by atoms with Gasteiger partial charge < -0.3 is 47.6 Å². The van der Waals surface area contributed by atoms with Gasteiger partial charge in [0.25, 0.3) is 0 Å². The lowest BCUT2D eigenvalue weighted by Gasteiger charge is -2.30. The molecule has 0 saturated carbocycles. The van der Waals surface area contributed by atoms with Crippen LogP contribution < -0.4 is 27.4 Å². The number of phenols is 2. The van der Waals surface area contributed by atoms with Crippen molar-refractivity contribution >= 4 is 29.5 Å². The number of β-amino-alcohol motifs (C(OH)–C–C–N with tert-alkyl or cyclic N) is 1. The number of benzene rings is 3. The maximum atomic E-state index is 14.0. The van der Waals surface area contributed by atoms with Gasteiger partial charge in [-0.25, -0.2) is 0 Å². The molecule has 1 aliphatic heterocycles. The van der Waals surface area contributed by atoms with Crippen molar-refractivity contribution in [3.8, 4) is 11.5 Å². The van der Waals surface area contributed by atoms with Gasteiger partial charge in [-0.2, -0.15) is 0 Å². The molecule has 14 nitrogen and oxygen atoms in total. The van der Waals surface area contributed by atoms with Crippen LogP contribution in [0.2, 0.25) is 0 Å². The van der Waals surface area contributed by atoms with E-state index in [0.29, 0.717) is 16.7 Å². The maximum Gasteiger partial charge on any atom is 0.246 e. The second kappa shape index (κ2) is 16.6. The Morgan fingerprint density at radius 2 is 1.29 bits per heavy atom. The molecule has 0 spiro atoms. The zero-order valence-electron chi connectivity index (χ0n) is 27.0. The van der Waals surface area contributed by atoms with Crippen molar-refractivity contribution in [2.75, 3.05) is 6.54 Å². The zero-order chi connectivity index (χ0) is 35.7. The largest absolute Gasteiger partial charge is 0.508 e. The normalized spacial score (nSPS) is 18.1. The molecule has 5 amide bonds. The van der Waals surface area contributed by atoms with Gasteiger partial charge in [0.15, 0.2) is 0 Å². The summed E-state index contributed by atoms with van der Waals surface area (Å²) in [6.45, 7) is 1.24. The summed E-state index contributed by atoms with van der Waals surface area (Å²) in [5, 5.41) is 37.4. The quantitative estimate of drug-likeness (QED) is 0.109. The fourth-order valence-corrected chi connectivity index (χ4v) is 5.58. The molecule has 1 saturated heterocycles. The predicted molar refractivity (Wildman–Crippen MR) is 179 cm³/mol. The molecule has 1 aliphatic rings. The highest BCUT2D eigenvalue weighted by Gasteiger charge is 2.42. The minimum atomic E-state index is -1.19. The van der Waals surface area contributed by atoms with Crippen molar-refractivity contribution in [1.82, 2.24) is 20.9 Å². The molecule has 0 radical (unpaired) electrons. The minimum absolute atomic E-state index is 0.0273. The van der Waals surface area contributed by atoms with Crippen LogP contribution in [0.25, 0.3) is 0 Å². The molecule has 1 fully saturated rings. The van der Waals surface area contributed by atoms with Crippen molar-refractivity contribution in [1.29, 1.82) is 0 Å². The minimum Gasteiger partial charge on any atom is -0.508 e. The summed E-state index contributed by atoms with van der Waals surface area (Å²) in [7, 11) is 0. The third kappa shape index (κ3) is 10.3. The number of amides is 5. The first-order valence-corrected chi connectivity index (χ1v) is 15.8. The summed E-state index contributed by atoms with van der Waals surface area (Å²) in [6.07, 6.45) is -0.941. The van der Waals surface area contributed by atoms with E-state index in [1.54, 1.807) is 54.6 Å². The Bertz CT molecular complexity index is 1620. The number of carbonyl (C=O) groups excluding carboxylic acids is 5. The summed E-state index contributed by atoms with van der Waals surface area (Å²) in [4.78, 5) is 67.1. The van der Waals surface area contributed by atoms with E-state index in [9.17, 15) is 39.3 Å². The summed E-state index contributed by atoms with van der Waals surface area (Å²) in [6, 6.07) is 15.5. The highest BCUT2D eigenvalue weighted by molar-refractivity contribution is 5.96. The number of aromatic hydroxyl groups is 2. The molecule has 0 unspecified atom stereocenters. The van der Waals surface area contributed by atoms with Crippen LogP contribution >= 0.6 is 0 Å². The van der Waals surface area contributed by atoms with Crippen LogP contribution in [0.4, 0.5) is 0 Å². The van der Waals surface area contributed by atoms with Crippen molar-refractivity contribution in [3.05, 3.63) is 95.6 Å². The van der Waals surface area contributed by atoms with E-state index in [1.807, 2.05) is 0 Å². The summed E-state index contributed by atoms with van der Waals surface area (Å²) >= 11 is 0. The second-order valence-electron chi connectivity index (χ2n) is 12.2. The topological polar surface area (TPSA) is 237 Å². The lowest BCUT2D eigenvalue weighted by Crippen LogP contribution is -2.58. The van der Waals surface area contributed by atoms with Gasteiger partial charge in [0.05, 0.1) is 12.1 Å². The van der Waals surface area contributed by atoms with Gasteiger partial charge >= 0.3 is 0 Å². The number of phenolic OH excluding ortho intramolecular Hbond substituents is 2. The number of carbonyl (C=O) groups is 5. The van der Waals surface area contributed by atoms with E-state index in [4.69, 9.17) is 11.5 Å². The number of nitrogens with one attached hydrogen (secondary N) is 3. The molecule has 0 aliphatic carbocycles. The average molecular weight is 675 g/mol. The van der Waals surface area contributed by atoms with E-state index in [1.165, 1.54) is 36.1 Å². The summed E-state index contributed by atoms with van der Waals surface area (Å²) in [5.41, 5.74) is 13.7. The van der Waals surface area contributed by atoms with Crippen molar-refractivity contribution < 1.29 is 39.3 Å². The van der Waals surface area contributed by atoms with Gasteiger partial charge in [-0.05, 0) is 54.3 Å². The van der Waals surface area contributed by atoms with E-state index in [-0.39, 0.29) is 43.7 Å². The first kappa shape index (κ1) is 36.4. The molecule has 10 N–H and O–H groups in total. The Labute approximate surface area is 283 Å². The molecular formula is C35H42N6O8. The molecule has 260 valence electrons. The number of hydrogen-bond donors (Lipinski definition) is 8. The van der Waals surface area contributed by atoms with Crippen molar-refractivity contribution in [2.45, 2.75) is 68.9 Å². The van der Waals surface area contributed by atoms with Crippen LogP contribution in [0.15, 0.2) is 78.9 Å². The molecule has 14 heteroatoms. The van der Waals surface area contributed by atoms with Gasteiger partial charge in [-0.1, -0.05) is 54.6 Å². The molecule has 0 bridgehead atoms. The fraction of sp³-hybridized carbons (Fsp3) is 0.343. The Kier molecular flexibility index (Phi) is 12.3. The number of nitrogens with zero attached hydrogens (tertiary/aromatic N) is 1. The van der Waals surface area contributed by atoms with Gasteiger partial charge in [-0.15, -0.1) is 0 Å². The van der Waals surface area contributed by atoms with Crippen LogP contribution in [-0.2, 0) is 43.2 Å². The Morgan fingerprint density at radius 3 is 1.86 bits per heavy atom. The third-order valence-corrected chi connectivity index (χ3v) is 8.28. The third-order valence-electron chi connectivity index (χ3n) is 8.28. The number of aliphatic hydroxyl groups excluding tert-OH is 1. The highest BCUT2D eigenvalue weighted by atomic mass is 16.3. The first-order valence-electron chi connectivity index (χ1n) is 15.8. The molecule has 3 aromatic carbocycles. The number of aliphatic hydroxyl groups is 1. The van der Waals surface area contributed by atoms with Crippen LogP contribution in [0.5, 0.6) is 11.5 Å². The standard InChI is InChI=1S/C35H42N6O8/c1-20(38-33(47)27(36)15-22-7-11-24(42)12-8-22)32(46)40-29(17-21-5-3-2-4-6-21)35(49)41-19-26(44)18-30(41)34(48)39-28(31(37)45)16-23-9-13-25(43)14-10-23/h2-14,20,26-30,42-44H,15-19,36H2,1H3,(H2,37,45)(H,38,47)(H,39,48)(H,40,46)/t20-,26+,27+,28+,29+,30-/m1/s1. The Morgan fingerprint density at radius 1 is 0.755 bits per heavy atom. The monoisotopic (exact) mass is 674 g/mol. The molecule has 4 rings (SSSR count). The number of nitrogens with two attached hydrogens (primary N) is 2. The van der Waals surface area contributed by atoms with Crippen molar-refractivity contribution in [2.24, 2.45) is 11.5 Å². The number of hydrogen-bond acceptors (Lipinski definition) is 9. The summed E-state index contributed by atoms with van der Waals surface area (Å²) in [5.74, 6) is -3.35. The lowest BCUT2D eigenvalue weighted by atomic mass is 10.0. The van der Waals surface area contributed by atoms with Gasteiger partial charge in [0.2, 0.25) is 29.5 Å². The van der Waals surface area contributed by atoms with E-state index in [0.717, 1.165) is 0 Å². The van der Waals surface area contributed by atoms with E-state index >= 15 is 0 Å². The van der Waals surface area contributed by atoms with Crippen LogP contribution in [0.3, 0.4) is 0 Å². The Hall–Kier alpha value is -5.47. The Balaban J connectivity index is 1.46. The van der Waals surface area contributed by atoms with E-state index < -0.39 is 65.8 Å². The number of likely N-dealkylation sites (tertiary alicyclic amines) is 1. The molecule has 49 heavy (non-hydrogen) atoms. The predicted octanol–water partition coefficient (Wildman–Crippen LogP) is -0.626. The lowest BCUT2D eigenvalue weighted by molar-refractivity contribution is -0.142. The summed E-state index contributed by atoms with van der Waals surface area (Å²) < 4.78 is 0. The van der Waals surface area contributed by atoms with Gasteiger partial charge in [-0.3, -0.25) is 24.0 Å². The molecular weight excluding hydrogens is 632 g/mol. The highest BCUT2D eigenvalue weighted by Crippen LogP contribution is 2.21. The fourth-order valence-electron chi connectivity index (χ4n) is 5.58. The molecule has 3 aromatic rings. The van der Waals surface area contributed by atoms with Crippen LogP contribution in [0.1, 0.15) is 30.0 Å². The molecule has 1 heterocycles. The second-order valence-corrected chi connectivity index (χ2v) is 12.2. The van der Waals surface area contributed by atoms with Gasteiger partial charge in [0.1, 0.15) is 35.7 Å².